The van der Waals surface area contributed by atoms with Crippen molar-refractivity contribution >= 4 is 11.7 Å². The number of rotatable bonds is 8. The Morgan fingerprint density at radius 2 is 1.62 bits per heavy atom. The average molecular weight is 513 g/mol. The molecule has 0 aliphatic heterocycles. The first kappa shape index (κ1) is 26.4. The molecule has 0 heterocycles. The van der Waals surface area contributed by atoms with Gasteiger partial charge in [-0.2, -0.15) is 13.2 Å². The van der Waals surface area contributed by atoms with E-state index in [0.29, 0.717) is 18.1 Å². The Balaban J connectivity index is 1.56. The number of benzene rings is 3. The maximum atomic E-state index is 13.5. The quantitative estimate of drug-likeness (QED) is 0.337. The van der Waals surface area contributed by atoms with Gasteiger partial charge in [-0.3, -0.25) is 0 Å². The molecule has 3 aromatic carbocycles. The molecule has 1 aliphatic rings. The Morgan fingerprint density at radius 3 is 2.32 bits per heavy atom. The number of para-hydroxylation sites is 1. The van der Waals surface area contributed by atoms with E-state index in [0.717, 1.165) is 49.3 Å². The zero-order valence-corrected chi connectivity index (χ0v) is 20.8. The van der Waals surface area contributed by atoms with Gasteiger partial charge in [0, 0.05) is 12.6 Å². The molecule has 0 saturated heterocycles. The predicted molar refractivity (Wildman–Crippen MR) is 137 cm³/mol. The number of halogens is 3. The fraction of sp³-hybridized carbons (Fsp3) is 0.345. The molecule has 3 aromatic rings. The number of hydrogen-bond donors (Lipinski definition) is 1. The van der Waals surface area contributed by atoms with Crippen molar-refractivity contribution in [3.05, 3.63) is 89.5 Å². The second-order valence-electron chi connectivity index (χ2n) is 9.15. The molecule has 0 unspecified atom stereocenters. The second-order valence-corrected chi connectivity index (χ2v) is 9.15. The van der Waals surface area contributed by atoms with Crippen LogP contribution in [-0.4, -0.2) is 24.1 Å². The molecule has 0 radical (unpaired) electrons. The van der Waals surface area contributed by atoms with Crippen LogP contribution in [-0.2, 0) is 19.3 Å². The van der Waals surface area contributed by atoms with Crippen molar-refractivity contribution in [2.24, 2.45) is 0 Å². The zero-order valence-electron chi connectivity index (χ0n) is 20.8. The van der Waals surface area contributed by atoms with Gasteiger partial charge in [0.2, 0.25) is 0 Å². The fourth-order valence-corrected chi connectivity index (χ4v) is 4.65. The van der Waals surface area contributed by atoms with Gasteiger partial charge in [0.05, 0.1) is 18.4 Å². The fourth-order valence-electron chi connectivity index (χ4n) is 4.65. The maximum Gasteiger partial charge on any atom is 0.418 e. The van der Waals surface area contributed by atoms with Gasteiger partial charge >= 0.3 is 12.2 Å². The van der Waals surface area contributed by atoms with E-state index in [1.54, 1.807) is 18.1 Å². The van der Waals surface area contributed by atoms with Crippen molar-refractivity contribution in [2.75, 3.05) is 12.4 Å². The highest BCUT2D eigenvalue weighted by atomic mass is 19.4. The molecular weight excluding hydrogens is 481 g/mol. The van der Waals surface area contributed by atoms with Crippen molar-refractivity contribution in [3.8, 4) is 11.5 Å². The van der Waals surface area contributed by atoms with Gasteiger partial charge in [-0.25, -0.2) is 4.79 Å². The molecule has 1 saturated carbocycles. The van der Waals surface area contributed by atoms with Crippen LogP contribution >= 0.6 is 0 Å². The Bertz CT molecular complexity index is 1180. The van der Waals surface area contributed by atoms with Gasteiger partial charge in [-0.05, 0) is 48.2 Å². The lowest BCUT2D eigenvalue weighted by molar-refractivity contribution is -0.136. The minimum Gasteiger partial charge on any atom is -0.493 e. The van der Waals surface area contributed by atoms with Gasteiger partial charge in [-0.15, -0.1) is 0 Å². The largest absolute Gasteiger partial charge is 0.493 e. The predicted octanol–water partition coefficient (Wildman–Crippen LogP) is 7.66. The second kappa shape index (κ2) is 12.0. The number of amides is 2. The monoisotopic (exact) mass is 512 g/mol. The number of nitrogens with one attached hydrogen (secondary N) is 1. The molecule has 0 spiro atoms. The van der Waals surface area contributed by atoms with Crippen LogP contribution in [0.2, 0.25) is 0 Å². The molecule has 0 atom stereocenters. The van der Waals surface area contributed by atoms with E-state index in [9.17, 15) is 18.0 Å². The maximum absolute atomic E-state index is 13.5. The molecule has 0 bridgehead atoms. The number of nitrogens with zero attached hydrogens (tertiary/aromatic N) is 1. The number of ether oxygens (including phenoxy) is 2. The number of carbonyl (C=O) groups is 1. The summed E-state index contributed by atoms with van der Waals surface area (Å²) in [5.74, 6) is 1.10. The van der Waals surface area contributed by atoms with E-state index in [4.69, 9.17) is 9.47 Å². The van der Waals surface area contributed by atoms with E-state index >= 15 is 0 Å². The van der Waals surface area contributed by atoms with Gasteiger partial charge in [0.15, 0.2) is 11.5 Å². The van der Waals surface area contributed by atoms with E-state index < -0.39 is 17.8 Å². The van der Waals surface area contributed by atoms with Crippen LogP contribution in [0.1, 0.15) is 48.8 Å². The van der Waals surface area contributed by atoms with Crippen molar-refractivity contribution in [3.63, 3.8) is 0 Å². The third kappa shape index (κ3) is 6.96. The first-order valence-electron chi connectivity index (χ1n) is 12.4. The number of anilines is 1. The van der Waals surface area contributed by atoms with Crippen LogP contribution in [0.15, 0.2) is 72.8 Å². The van der Waals surface area contributed by atoms with Crippen molar-refractivity contribution in [1.82, 2.24) is 4.90 Å². The SMILES string of the molecule is COc1ccc(CN(C(=O)Nc2ccccc2C(F)(F)F)C2CCCCC2)cc1OCc1ccccc1. The van der Waals surface area contributed by atoms with Crippen LogP contribution in [0.25, 0.3) is 0 Å². The smallest absolute Gasteiger partial charge is 0.418 e. The minimum absolute atomic E-state index is 0.0670. The summed E-state index contributed by atoms with van der Waals surface area (Å²) < 4.78 is 52.0. The topological polar surface area (TPSA) is 50.8 Å². The molecule has 4 rings (SSSR count). The number of alkyl halides is 3. The highest BCUT2D eigenvalue weighted by molar-refractivity contribution is 5.90. The first-order chi connectivity index (χ1) is 17.8. The standard InChI is InChI=1S/C29H31F3N2O3/c1-36-26-17-16-22(18-27(26)37-20-21-10-4-2-5-11-21)19-34(23-12-6-3-7-13-23)28(35)33-25-15-9-8-14-24(25)29(30,31)32/h2,4-5,8-11,14-18,23H,3,6-7,12-13,19-20H2,1H3,(H,33,35). The van der Waals surface area contributed by atoms with Crippen molar-refractivity contribution in [1.29, 1.82) is 0 Å². The average Bonchev–Trinajstić information content (AvgIpc) is 2.91. The van der Waals surface area contributed by atoms with Crippen LogP contribution in [0, 0.1) is 0 Å². The van der Waals surface area contributed by atoms with Crippen LogP contribution in [0.4, 0.5) is 23.7 Å². The van der Waals surface area contributed by atoms with E-state index in [1.165, 1.54) is 18.2 Å². The molecule has 37 heavy (non-hydrogen) atoms. The van der Waals surface area contributed by atoms with Crippen LogP contribution in [0.5, 0.6) is 11.5 Å². The third-order valence-electron chi connectivity index (χ3n) is 6.57. The Hall–Kier alpha value is -3.68. The molecule has 196 valence electrons. The molecular formula is C29H31F3N2O3. The van der Waals surface area contributed by atoms with Crippen LogP contribution < -0.4 is 14.8 Å². The summed E-state index contributed by atoms with van der Waals surface area (Å²) in [7, 11) is 1.56. The number of hydrogen-bond acceptors (Lipinski definition) is 3. The summed E-state index contributed by atoms with van der Waals surface area (Å²) >= 11 is 0. The first-order valence-corrected chi connectivity index (χ1v) is 12.4. The number of carbonyl (C=O) groups excluding carboxylic acids is 1. The van der Waals surface area contributed by atoms with Crippen LogP contribution in [0.3, 0.4) is 0 Å². The summed E-state index contributed by atoms with van der Waals surface area (Å²) in [6, 6.07) is 19.6. The Morgan fingerprint density at radius 1 is 0.919 bits per heavy atom. The van der Waals surface area contributed by atoms with Gasteiger partial charge in [0.1, 0.15) is 6.61 Å². The molecule has 5 nitrogen and oxygen atoms in total. The normalized spacial score (nSPS) is 14.2. The van der Waals surface area contributed by atoms with Crippen molar-refractivity contribution < 1.29 is 27.4 Å². The van der Waals surface area contributed by atoms with Gasteiger partial charge in [-0.1, -0.05) is 67.8 Å². The van der Waals surface area contributed by atoms with E-state index in [1.807, 2.05) is 42.5 Å². The summed E-state index contributed by atoms with van der Waals surface area (Å²) in [4.78, 5) is 15.1. The minimum atomic E-state index is -4.57. The number of urea groups is 1. The molecule has 1 fully saturated rings. The molecule has 1 aliphatic carbocycles. The summed E-state index contributed by atoms with van der Waals surface area (Å²) in [6.07, 6.45) is 0.0797. The molecule has 1 N–H and O–H groups in total. The van der Waals surface area contributed by atoms with E-state index in [2.05, 4.69) is 5.32 Å². The lowest BCUT2D eigenvalue weighted by Gasteiger charge is -2.35. The summed E-state index contributed by atoms with van der Waals surface area (Å²) in [5.41, 5.74) is 0.686. The lowest BCUT2D eigenvalue weighted by atomic mass is 9.94. The third-order valence-corrected chi connectivity index (χ3v) is 6.57. The highest BCUT2D eigenvalue weighted by Crippen LogP contribution is 2.35. The molecule has 2 amide bonds. The summed E-state index contributed by atoms with van der Waals surface area (Å²) in [5, 5.41) is 2.53. The lowest BCUT2D eigenvalue weighted by Crippen LogP contribution is -2.43. The summed E-state index contributed by atoms with van der Waals surface area (Å²) in [6.45, 7) is 0.581. The van der Waals surface area contributed by atoms with Gasteiger partial charge < -0.3 is 19.7 Å². The molecule has 8 heteroatoms. The Labute approximate surface area is 215 Å². The van der Waals surface area contributed by atoms with Crippen molar-refractivity contribution in [2.45, 2.75) is 57.5 Å². The van der Waals surface area contributed by atoms with E-state index in [-0.39, 0.29) is 18.3 Å². The zero-order chi connectivity index (χ0) is 26.3. The van der Waals surface area contributed by atoms with Gasteiger partial charge in [0.25, 0.3) is 0 Å². The number of methoxy groups -OCH3 is 1. The highest BCUT2D eigenvalue weighted by Gasteiger charge is 2.34. The Kier molecular flexibility index (Phi) is 8.58. The molecule has 0 aromatic heterocycles.